The van der Waals surface area contributed by atoms with Crippen molar-refractivity contribution in [2.24, 2.45) is 5.92 Å². The highest BCUT2D eigenvalue weighted by molar-refractivity contribution is 6.36. The van der Waals surface area contributed by atoms with E-state index < -0.39 is 0 Å². The van der Waals surface area contributed by atoms with Gasteiger partial charge in [0.2, 0.25) is 0 Å². The molecule has 3 nitrogen and oxygen atoms in total. The molecule has 4 heterocycles. The summed E-state index contributed by atoms with van der Waals surface area (Å²) in [6.07, 6.45) is 2.64. The minimum atomic E-state index is 0. The Morgan fingerprint density at radius 2 is 1.84 bits per heavy atom. The Morgan fingerprint density at radius 3 is 2.48 bits per heavy atom. The number of nitrogens with one attached hydrogen (secondary N) is 1. The van der Waals surface area contributed by atoms with Gasteiger partial charge in [-0.2, -0.15) is 0 Å². The summed E-state index contributed by atoms with van der Waals surface area (Å²) in [5.74, 6) is 2.56. The highest BCUT2D eigenvalue weighted by Gasteiger charge is 2.33. The van der Waals surface area contributed by atoms with E-state index in [9.17, 15) is 0 Å². The maximum Gasteiger partial charge on any atom is 0.135 e. The van der Waals surface area contributed by atoms with E-state index in [1.807, 2.05) is 24.3 Å². The van der Waals surface area contributed by atoms with Crippen LogP contribution < -0.4 is 5.32 Å². The van der Waals surface area contributed by atoms with Gasteiger partial charge in [0, 0.05) is 23.2 Å². The predicted molar refractivity (Wildman–Crippen MR) is 108 cm³/mol. The van der Waals surface area contributed by atoms with Crippen LogP contribution in [0.15, 0.2) is 34.7 Å². The third kappa shape index (κ3) is 4.65. The summed E-state index contributed by atoms with van der Waals surface area (Å²) in [7, 11) is 0. The quantitative estimate of drug-likeness (QED) is 0.724. The zero-order valence-corrected chi connectivity index (χ0v) is 16.9. The van der Waals surface area contributed by atoms with Crippen LogP contribution in [0.5, 0.6) is 0 Å². The molecule has 0 radical (unpaired) electrons. The fourth-order valence-electron chi connectivity index (χ4n) is 3.74. The molecule has 3 aliphatic heterocycles. The summed E-state index contributed by atoms with van der Waals surface area (Å²) in [6.45, 7) is 4.47. The van der Waals surface area contributed by atoms with Gasteiger partial charge in [-0.25, -0.2) is 0 Å². The number of halogens is 4. The molecule has 7 heteroatoms. The van der Waals surface area contributed by atoms with E-state index in [4.69, 9.17) is 27.6 Å². The molecule has 1 aromatic heterocycles. The van der Waals surface area contributed by atoms with Crippen molar-refractivity contribution in [1.82, 2.24) is 10.2 Å². The first-order chi connectivity index (χ1) is 11.2. The van der Waals surface area contributed by atoms with Crippen LogP contribution in [0, 0.1) is 5.92 Å². The van der Waals surface area contributed by atoms with Crippen LogP contribution in [-0.2, 0) is 6.54 Å². The highest BCUT2D eigenvalue weighted by atomic mass is 35.5. The second-order valence-corrected chi connectivity index (χ2v) is 7.36. The fourth-order valence-corrected chi connectivity index (χ4v) is 4.24. The molecule has 2 bridgehead atoms. The molecule has 1 N–H and O–H groups in total. The highest BCUT2D eigenvalue weighted by Crippen LogP contribution is 2.32. The molecule has 5 rings (SSSR count). The van der Waals surface area contributed by atoms with Crippen molar-refractivity contribution in [3.63, 3.8) is 0 Å². The molecule has 0 saturated carbocycles. The minimum absolute atomic E-state index is 0. The fraction of sp³-hybridized carbons (Fsp3) is 0.444. The Hall–Kier alpha value is -0.420. The average molecular weight is 424 g/mol. The first-order valence-electron chi connectivity index (χ1n) is 8.19. The molecule has 0 aliphatic carbocycles. The van der Waals surface area contributed by atoms with Gasteiger partial charge in [-0.1, -0.05) is 23.2 Å². The van der Waals surface area contributed by atoms with Crippen molar-refractivity contribution in [1.29, 1.82) is 0 Å². The molecule has 3 saturated heterocycles. The van der Waals surface area contributed by atoms with Crippen LogP contribution in [-0.4, -0.2) is 30.6 Å². The summed E-state index contributed by atoms with van der Waals surface area (Å²) in [5.41, 5.74) is 0.880. The first kappa shape index (κ1) is 20.9. The zero-order chi connectivity index (χ0) is 15.8. The van der Waals surface area contributed by atoms with Crippen LogP contribution in [0.2, 0.25) is 10.0 Å². The number of fused-ring (bicyclic) bond motifs is 3. The number of hydrogen-bond donors (Lipinski definition) is 1. The average Bonchev–Trinajstić information content (AvgIpc) is 3.03. The van der Waals surface area contributed by atoms with Crippen LogP contribution >= 0.6 is 48.0 Å². The van der Waals surface area contributed by atoms with Crippen molar-refractivity contribution < 1.29 is 4.42 Å². The Kier molecular flexibility index (Phi) is 7.51. The van der Waals surface area contributed by atoms with Crippen LogP contribution in [0.1, 0.15) is 18.6 Å². The van der Waals surface area contributed by atoms with Gasteiger partial charge in [0.05, 0.1) is 11.6 Å². The SMILES string of the molecule is Cl.Cl.Clc1ccc(-c2ccc(CNC3CN4CCC3CC4)o2)c(Cl)c1. The van der Waals surface area contributed by atoms with E-state index in [0.29, 0.717) is 16.1 Å². The largest absolute Gasteiger partial charge is 0.460 e. The van der Waals surface area contributed by atoms with E-state index in [-0.39, 0.29) is 24.8 Å². The Labute approximate surface area is 170 Å². The maximum atomic E-state index is 6.25. The number of rotatable bonds is 4. The van der Waals surface area contributed by atoms with E-state index in [1.165, 1.54) is 32.5 Å². The smallest absolute Gasteiger partial charge is 0.135 e. The lowest BCUT2D eigenvalue weighted by Gasteiger charge is -2.45. The van der Waals surface area contributed by atoms with Gasteiger partial charge in [-0.3, -0.25) is 0 Å². The van der Waals surface area contributed by atoms with E-state index in [1.54, 1.807) is 6.07 Å². The lowest BCUT2D eigenvalue weighted by Crippen LogP contribution is -2.55. The summed E-state index contributed by atoms with van der Waals surface area (Å²) in [4.78, 5) is 2.55. The zero-order valence-electron chi connectivity index (χ0n) is 13.7. The number of hydrogen-bond acceptors (Lipinski definition) is 3. The molecule has 1 aromatic carbocycles. The van der Waals surface area contributed by atoms with Crippen molar-refractivity contribution in [2.75, 3.05) is 19.6 Å². The van der Waals surface area contributed by atoms with Gasteiger partial charge >= 0.3 is 0 Å². The number of furan rings is 1. The molecule has 138 valence electrons. The molecule has 1 unspecified atom stereocenters. The molecule has 25 heavy (non-hydrogen) atoms. The Bertz CT molecular complexity index is 698. The number of benzene rings is 1. The second-order valence-electron chi connectivity index (χ2n) is 6.52. The van der Waals surface area contributed by atoms with Gasteiger partial charge in [-0.15, -0.1) is 24.8 Å². The van der Waals surface area contributed by atoms with Crippen LogP contribution in [0.3, 0.4) is 0 Å². The monoisotopic (exact) mass is 422 g/mol. The van der Waals surface area contributed by atoms with Crippen molar-refractivity contribution in [3.05, 3.63) is 46.1 Å². The van der Waals surface area contributed by atoms with E-state index in [2.05, 4.69) is 10.2 Å². The standard InChI is InChI=1S/C18H20Cl2N2O.2ClH/c19-13-1-3-15(16(20)9-13)18-4-2-14(23-18)10-21-17-11-22-7-5-12(17)6-8-22;;/h1-4,9,12,17,21H,5-8,10-11H2;2*1H. The van der Waals surface area contributed by atoms with E-state index in [0.717, 1.165) is 29.5 Å². The lowest BCUT2D eigenvalue weighted by molar-refractivity contribution is 0.0711. The van der Waals surface area contributed by atoms with E-state index >= 15 is 0 Å². The molecule has 1 atom stereocenters. The molecular formula is C18H22Cl4N2O. The molecule has 3 aliphatic rings. The van der Waals surface area contributed by atoms with Crippen molar-refractivity contribution in [2.45, 2.75) is 25.4 Å². The van der Waals surface area contributed by atoms with Gasteiger partial charge < -0.3 is 14.6 Å². The second kappa shape index (κ2) is 8.98. The van der Waals surface area contributed by atoms with Gasteiger partial charge in [0.1, 0.15) is 11.5 Å². The minimum Gasteiger partial charge on any atom is -0.460 e. The number of nitrogens with zero attached hydrogens (tertiary/aromatic N) is 1. The van der Waals surface area contributed by atoms with Crippen molar-refractivity contribution in [3.8, 4) is 11.3 Å². The molecule has 3 fully saturated rings. The van der Waals surface area contributed by atoms with Gasteiger partial charge in [-0.05, 0) is 62.2 Å². The summed E-state index contributed by atoms with van der Waals surface area (Å²) in [6, 6.07) is 10.1. The third-order valence-corrected chi connectivity index (χ3v) is 5.60. The number of piperidine rings is 3. The molecule has 0 spiro atoms. The Balaban J connectivity index is 0.00000113. The summed E-state index contributed by atoms with van der Waals surface area (Å²) >= 11 is 12.2. The topological polar surface area (TPSA) is 28.4 Å². The summed E-state index contributed by atoms with van der Waals surface area (Å²) in [5, 5.41) is 4.92. The third-order valence-electron chi connectivity index (χ3n) is 5.05. The summed E-state index contributed by atoms with van der Waals surface area (Å²) < 4.78 is 5.96. The van der Waals surface area contributed by atoms with Crippen LogP contribution in [0.4, 0.5) is 0 Å². The van der Waals surface area contributed by atoms with Crippen molar-refractivity contribution >= 4 is 48.0 Å². The Morgan fingerprint density at radius 1 is 1.08 bits per heavy atom. The first-order valence-corrected chi connectivity index (χ1v) is 8.94. The van der Waals surface area contributed by atoms with Crippen LogP contribution in [0.25, 0.3) is 11.3 Å². The normalized spacial score (nSPS) is 24.5. The predicted octanol–water partition coefficient (Wildman–Crippen LogP) is 5.28. The van der Waals surface area contributed by atoms with Gasteiger partial charge in [0.25, 0.3) is 0 Å². The molecule has 2 aromatic rings. The molecule has 0 amide bonds. The van der Waals surface area contributed by atoms with Gasteiger partial charge in [0.15, 0.2) is 0 Å². The maximum absolute atomic E-state index is 6.25. The molecular weight excluding hydrogens is 402 g/mol. The lowest BCUT2D eigenvalue weighted by atomic mass is 9.84.